The first kappa shape index (κ1) is 39.2. The quantitative estimate of drug-likeness (QED) is 0.106. The van der Waals surface area contributed by atoms with Gasteiger partial charge in [-0.15, -0.1) is 0 Å². The van der Waals surface area contributed by atoms with Crippen molar-refractivity contribution >= 4 is 54.2 Å². The minimum absolute atomic E-state index is 0.141. The number of rotatable bonds is 12. The van der Waals surface area contributed by atoms with Crippen LogP contribution in [-0.4, -0.2) is 60.6 Å². The topological polar surface area (TPSA) is 124 Å². The van der Waals surface area contributed by atoms with Gasteiger partial charge in [0.1, 0.15) is 18.1 Å². The molecule has 3 aliphatic heterocycles. The van der Waals surface area contributed by atoms with Crippen LogP contribution in [-0.2, 0) is 25.7 Å². The molecule has 0 saturated carbocycles. The number of benzene rings is 3. The summed E-state index contributed by atoms with van der Waals surface area (Å²) in [6.45, 7) is 14.0. The number of nitrogens with zero attached hydrogens (tertiary/aromatic N) is 2. The third kappa shape index (κ3) is 7.82. The van der Waals surface area contributed by atoms with Crippen molar-refractivity contribution in [3.63, 3.8) is 0 Å². The van der Waals surface area contributed by atoms with E-state index in [0.717, 1.165) is 63.8 Å². The Morgan fingerprint density at radius 2 is 1.65 bits per heavy atom. The van der Waals surface area contributed by atoms with Gasteiger partial charge in [-0.1, -0.05) is 74.1 Å². The second kappa shape index (κ2) is 14.9. The van der Waals surface area contributed by atoms with Crippen molar-refractivity contribution in [1.82, 2.24) is 0 Å². The van der Waals surface area contributed by atoms with E-state index in [1.807, 2.05) is 73.1 Å². The maximum absolute atomic E-state index is 12.1. The highest BCUT2D eigenvalue weighted by Crippen LogP contribution is 2.47. The lowest BCUT2D eigenvalue weighted by atomic mass is 9.76. The third-order valence-corrected chi connectivity index (χ3v) is 12.2. The van der Waals surface area contributed by atoms with Crippen LogP contribution in [0.5, 0.6) is 5.75 Å². The maximum Gasteiger partial charge on any atom is 0.294 e. The molecule has 0 amide bonds. The van der Waals surface area contributed by atoms with Crippen molar-refractivity contribution in [3.05, 3.63) is 125 Å². The zero-order valence-corrected chi connectivity index (χ0v) is 33.3. The largest absolute Gasteiger partial charge is 0.456 e. The van der Waals surface area contributed by atoms with Gasteiger partial charge in [0.25, 0.3) is 20.2 Å². The molecule has 0 saturated heterocycles. The van der Waals surface area contributed by atoms with Gasteiger partial charge in [-0.25, -0.2) is 0 Å². The van der Waals surface area contributed by atoms with Crippen LogP contribution in [0.15, 0.2) is 108 Å². The Balaban J connectivity index is 1.41. The molecule has 3 aliphatic rings. The molecule has 9 nitrogen and oxygen atoms in total. The number of likely N-dealkylation sites (N-methyl/N-ethyl adjacent to an activating group) is 1. The van der Waals surface area contributed by atoms with E-state index in [1.165, 1.54) is 23.3 Å². The maximum atomic E-state index is 12.1. The molecule has 0 aliphatic carbocycles. The Labute approximate surface area is 319 Å². The highest BCUT2D eigenvalue weighted by atomic mass is 32.2. The molecule has 0 radical (unpaired) electrons. The second-order valence-corrected chi connectivity index (χ2v) is 17.8. The Hall–Kier alpha value is -4.55. The average Bonchev–Trinajstić information content (AvgIpc) is 3.32. The molecule has 2 N–H and O–H groups in total. The van der Waals surface area contributed by atoms with Crippen molar-refractivity contribution in [2.45, 2.75) is 76.7 Å². The van der Waals surface area contributed by atoms with Gasteiger partial charge < -0.3 is 9.64 Å². The van der Waals surface area contributed by atoms with Gasteiger partial charge in [0, 0.05) is 59.1 Å². The van der Waals surface area contributed by atoms with E-state index >= 15 is 0 Å². The zero-order chi connectivity index (χ0) is 39.1. The van der Waals surface area contributed by atoms with Crippen LogP contribution in [0.3, 0.4) is 0 Å². The van der Waals surface area contributed by atoms with Gasteiger partial charge >= 0.3 is 0 Å². The van der Waals surface area contributed by atoms with Gasteiger partial charge in [0.15, 0.2) is 5.71 Å². The van der Waals surface area contributed by atoms with Crippen LogP contribution in [0.25, 0.3) is 16.9 Å². The highest BCUT2D eigenvalue weighted by Gasteiger charge is 2.47. The fourth-order valence-corrected chi connectivity index (χ4v) is 9.21. The van der Waals surface area contributed by atoms with Crippen LogP contribution in [0.1, 0.15) is 83.1 Å². The molecule has 0 aromatic heterocycles. The van der Waals surface area contributed by atoms with Crippen molar-refractivity contribution in [3.8, 4) is 5.75 Å². The molecule has 1 unspecified atom stereocenters. The fraction of sp³-hybridized carbons (Fsp3) is 0.326. The summed E-state index contributed by atoms with van der Waals surface area (Å²) in [5, 5.41) is 0. The molecular weight excluding hydrogens is 721 g/mol. The Bertz CT molecular complexity index is 2390. The van der Waals surface area contributed by atoms with Crippen molar-refractivity contribution in [1.29, 1.82) is 0 Å². The summed E-state index contributed by atoms with van der Waals surface area (Å²) in [6.07, 6.45) is 15.9. The molecule has 3 aromatic rings. The summed E-state index contributed by atoms with van der Waals surface area (Å²) >= 11 is 0. The zero-order valence-electron chi connectivity index (χ0n) is 31.7. The highest BCUT2D eigenvalue weighted by molar-refractivity contribution is 7.86. The Morgan fingerprint density at radius 3 is 2.31 bits per heavy atom. The Morgan fingerprint density at radius 1 is 0.907 bits per heavy atom. The minimum Gasteiger partial charge on any atom is -0.456 e. The lowest BCUT2D eigenvalue weighted by molar-refractivity contribution is -0.437. The lowest BCUT2D eigenvalue weighted by Gasteiger charge is -2.43. The first-order valence-electron chi connectivity index (χ1n) is 18.3. The van der Waals surface area contributed by atoms with Crippen molar-refractivity contribution in [2.75, 3.05) is 23.7 Å². The number of anilines is 1. The van der Waals surface area contributed by atoms with Crippen LogP contribution in [0.2, 0.25) is 0 Å². The number of hydrogen-bond donors (Lipinski definition) is 2. The minimum atomic E-state index is -4.45. The molecular formula is C43H49N2O7S2+. The Kier molecular flexibility index (Phi) is 10.8. The van der Waals surface area contributed by atoms with Gasteiger partial charge in [0.05, 0.1) is 21.6 Å². The van der Waals surface area contributed by atoms with Crippen molar-refractivity contribution in [2.24, 2.45) is 0 Å². The van der Waals surface area contributed by atoms with E-state index in [2.05, 4.69) is 63.0 Å². The van der Waals surface area contributed by atoms with E-state index in [4.69, 9.17) is 4.74 Å². The molecule has 11 heteroatoms. The smallest absolute Gasteiger partial charge is 0.294 e. The molecule has 0 bridgehead atoms. The number of fused-ring (bicyclic) bond motifs is 3. The van der Waals surface area contributed by atoms with E-state index in [9.17, 15) is 25.9 Å². The summed E-state index contributed by atoms with van der Waals surface area (Å²) in [5.41, 5.74) is 8.02. The summed E-state index contributed by atoms with van der Waals surface area (Å²) in [5.74, 6) is 1.13. The number of hydrogen-bond acceptors (Lipinski definition) is 6. The monoisotopic (exact) mass is 769 g/mol. The van der Waals surface area contributed by atoms with E-state index in [-0.39, 0.29) is 23.4 Å². The molecule has 1 atom stereocenters. The second-order valence-electron chi connectivity index (χ2n) is 14.8. The van der Waals surface area contributed by atoms with Crippen LogP contribution >= 0.6 is 0 Å². The number of ether oxygens (including phenoxy) is 1. The third-order valence-electron chi connectivity index (χ3n) is 10.6. The SMILES string of the molecule is CCCC1(C)C(C=CC=CC=C2C=C(c3ccccc3)Oc3cc4c(cc32)C(C)=CC(C)(C)N4CC)=[N+](CCCS(=O)(=O)O)c2ccc(S(=O)(=O)O)cc21. The lowest BCUT2D eigenvalue weighted by Crippen LogP contribution is -2.44. The molecule has 0 fully saturated rings. The molecule has 54 heavy (non-hydrogen) atoms. The molecule has 3 aromatic carbocycles. The normalized spacial score (nSPS) is 20.2. The van der Waals surface area contributed by atoms with E-state index in [0.29, 0.717) is 6.42 Å². The molecule has 0 spiro atoms. The predicted molar refractivity (Wildman–Crippen MR) is 218 cm³/mol. The summed E-state index contributed by atoms with van der Waals surface area (Å²) in [4.78, 5) is 2.20. The van der Waals surface area contributed by atoms with Crippen LogP contribution in [0.4, 0.5) is 11.4 Å². The summed E-state index contributed by atoms with van der Waals surface area (Å²) in [6, 6.07) is 18.9. The molecule has 3 heterocycles. The van der Waals surface area contributed by atoms with Gasteiger partial charge in [-0.2, -0.15) is 21.4 Å². The predicted octanol–water partition coefficient (Wildman–Crippen LogP) is 9.02. The van der Waals surface area contributed by atoms with Crippen LogP contribution in [0, 0.1) is 0 Å². The standard InChI is InChI=1S/C43H48N2O7S2/c1-7-22-43(6)36-26-33(54(49,50)51)20-21-37(36)44(23-15-24-53(46,47)48)41(43)19-14-10-13-18-32-25-39(31-16-11-9-12-17-31)52-40-28-38-34(27-35(32)40)30(3)29-42(4,5)45(38)8-2/h9-14,16-21,25-29H,7-8,15,22-24H2,1-6H3,(H-,46,47,48,49,50,51)/p+1. The van der Waals surface area contributed by atoms with Crippen molar-refractivity contribution < 1.29 is 35.3 Å². The first-order chi connectivity index (χ1) is 25.5. The fourth-order valence-electron chi connectivity index (χ4n) is 8.21. The van der Waals surface area contributed by atoms with Gasteiger partial charge in [-0.3, -0.25) is 9.11 Å². The van der Waals surface area contributed by atoms with Gasteiger partial charge in [0.2, 0.25) is 5.69 Å². The summed E-state index contributed by atoms with van der Waals surface area (Å²) in [7, 11) is -8.63. The molecule has 284 valence electrons. The average molecular weight is 770 g/mol. The number of allylic oxidation sites excluding steroid dienone is 8. The van der Waals surface area contributed by atoms with E-state index in [1.54, 1.807) is 6.07 Å². The van der Waals surface area contributed by atoms with Crippen LogP contribution < -0.4 is 9.64 Å². The first-order valence-corrected chi connectivity index (χ1v) is 21.4. The van der Waals surface area contributed by atoms with E-state index < -0.39 is 31.4 Å². The van der Waals surface area contributed by atoms with Gasteiger partial charge in [-0.05, 0) is 76.5 Å². The molecule has 6 rings (SSSR count). The summed E-state index contributed by atoms with van der Waals surface area (Å²) < 4.78 is 75.3.